The third kappa shape index (κ3) is 3.77. The monoisotopic (exact) mass is 325 g/mol. The van der Waals surface area contributed by atoms with Crippen molar-refractivity contribution in [3.05, 3.63) is 60.2 Å². The molecular formula is C20H23NO3. The number of likely N-dealkylation sites (tertiary alicyclic amines) is 1. The van der Waals surface area contributed by atoms with E-state index in [0.29, 0.717) is 23.6 Å². The van der Waals surface area contributed by atoms with Crippen molar-refractivity contribution < 1.29 is 14.6 Å². The molecule has 2 aromatic rings. The van der Waals surface area contributed by atoms with Crippen molar-refractivity contribution in [3.8, 4) is 11.5 Å². The van der Waals surface area contributed by atoms with Gasteiger partial charge in [0.05, 0.1) is 11.7 Å². The number of amides is 1. The van der Waals surface area contributed by atoms with Gasteiger partial charge in [0.15, 0.2) is 0 Å². The van der Waals surface area contributed by atoms with Gasteiger partial charge in [-0.2, -0.15) is 0 Å². The van der Waals surface area contributed by atoms with Crippen LogP contribution in [0.5, 0.6) is 11.5 Å². The molecule has 0 spiro atoms. The number of rotatable bonds is 4. The van der Waals surface area contributed by atoms with Crippen LogP contribution in [0.4, 0.5) is 0 Å². The van der Waals surface area contributed by atoms with Crippen molar-refractivity contribution in [2.24, 2.45) is 5.92 Å². The Kier molecular flexibility index (Phi) is 5.16. The maximum Gasteiger partial charge on any atom is 0.257 e. The summed E-state index contributed by atoms with van der Waals surface area (Å²) in [5, 5.41) is 9.83. The molecule has 0 aromatic heterocycles. The lowest BCUT2D eigenvalue weighted by molar-refractivity contribution is 0.0464. The Labute approximate surface area is 142 Å². The van der Waals surface area contributed by atoms with E-state index >= 15 is 0 Å². The van der Waals surface area contributed by atoms with Gasteiger partial charge in [-0.15, -0.1) is 0 Å². The minimum absolute atomic E-state index is 0.0353. The summed E-state index contributed by atoms with van der Waals surface area (Å²) < 4.78 is 5.90. The van der Waals surface area contributed by atoms with Gasteiger partial charge in [-0.1, -0.05) is 30.3 Å². The molecule has 4 heteroatoms. The van der Waals surface area contributed by atoms with E-state index in [0.717, 1.165) is 19.4 Å². The molecule has 1 saturated heterocycles. The zero-order chi connectivity index (χ0) is 16.9. The Morgan fingerprint density at radius 1 is 1.17 bits per heavy atom. The molecule has 1 amide bonds. The number of nitrogens with zero attached hydrogens (tertiary/aromatic N) is 1. The molecule has 126 valence electrons. The van der Waals surface area contributed by atoms with Gasteiger partial charge in [0.25, 0.3) is 5.91 Å². The highest BCUT2D eigenvalue weighted by molar-refractivity contribution is 5.97. The molecule has 24 heavy (non-hydrogen) atoms. The smallest absolute Gasteiger partial charge is 0.257 e. The van der Waals surface area contributed by atoms with Crippen molar-refractivity contribution in [2.45, 2.75) is 25.9 Å². The van der Waals surface area contributed by atoms with E-state index < -0.39 is 6.10 Å². The molecule has 4 nitrogen and oxygen atoms in total. The van der Waals surface area contributed by atoms with Crippen LogP contribution in [0.15, 0.2) is 54.6 Å². The standard InChI is InChI=1S/C20H23NO3/c1-15(22)16-8-7-13-21(14-16)20(23)18-11-5-6-12-19(18)24-17-9-3-2-4-10-17/h2-6,9-12,15-16,22H,7-8,13-14H2,1H3. The summed E-state index contributed by atoms with van der Waals surface area (Å²) in [5.74, 6) is 1.38. The summed E-state index contributed by atoms with van der Waals surface area (Å²) in [7, 11) is 0. The van der Waals surface area contributed by atoms with Crippen LogP contribution in [0, 0.1) is 5.92 Å². The molecular weight excluding hydrogens is 302 g/mol. The van der Waals surface area contributed by atoms with E-state index in [2.05, 4.69) is 0 Å². The van der Waals surface area contributed by atoms with E-state index in [1.54, 1.807) is 13.0 Å². The van der Waals surface area contributed by atoms with Gasteiger partial charge >= 0.3 is 0 Å². The molecule has 3 rings (SSSR count). The number of para-hydroxylation sites is 2. The fourth-order valence-electron chi connectivity index (χ4n) is 3.11. The molecule has 2 aromatic carbocycles. The Morgan fingerprint density at radius 2 is 1.88 bits per heavy atom. The van der Waals surface area contributed by atoms with E-state index in [1.165, 1.54) is 0 Å². The van der Waals surface area contributed by atoms with Crippen molar-refractivity contribution >= 4 is 5.91 Å². The van der Waals surface area contributed by atoms with Crippen LogP contribution in [0.2, 0.25) is 0 Å². The number of hydrogen-bond donors (Lipinski definition) is 1. The number of aliphatic hydroxyl groups is 1. The van der Waals surface area contributed by atoms with Crippen molar-refractivity contribution in [2.75, 3.05) is 13.1 Å². The lowest BCUT2D eigenvalue weighted by Crippen LogP contribution is -2.43. The second kappa shape index (κ2) is 7.49. The summed E-state index contributed by atoms with van der Waals surface area (Å²) in [4.78, 5) is 14.8. The van der Waals surface area contributed by atoms with Gasteiger partial charge in [0, 0.05) is 19.0 Å². The largest absolute Gasteiger partial charge is 0.457 e. The van der Waals surface area contributed by atoms with Crippen molar-refractivity contribution in [1.82, 2.24) is 4.90 Å². The first kappa shape index (κ1) is 16.5. The second-order valence-electron chi connectivity index (χ2n) is 6.31. The number of piperidine rings is 1. The second-order valence-corrected chi connectivity index (χ2v) is 6.31. The number of ether oxygens (including phenoxy) is 1. The van der Waals surface area contributed by atoms with Crippen LogP contribution in [0.3, 0.4) is 0 Å². The fourth-order valence-corrected chi connectivity index (χ4v) is 3.11. The summed E-state index contributed by atoms with van der Waals surface area (Å²) >= 11 is 0. The van der Waals surface area contributed by atoms with Gasteiger partial charge in [-0.25, -0.2) is 0 Å². The average molecular weight is 325 g/mol. The SMILES string of the molecule is CC(O)C1CCCN(C(=O)c2ccccc2Oc2ccccc2)C1. The molecule has 2 atom stereocenters. The summed E-state index contributed by atoms with van der Waals surface area (Å²) in [6.45, 7) is 3.11. The third-order valence-corrected chi connectivity index (χ3v) is 4.52. The first-order valence-corrected chi connectivity index (χ1v) is 8.44. The van der Waals surface area contributed by atoms with E-state index in [4.69, 9.17) is 4.74 Å². The fraction of sp³-hybridized carbons (Fsp3) is 0.350. The molecule has 1 aliphatic rings. The van der Waals surface area contributed by atoms with Gasteiger partial charge in [-0.3, -0.25) is 4.79 Å². The first-order valence-electron chi connectivity index (χ1n) is 8.44. The zero-order valence-corrected chi connectivity index (χ0v) is 13.9. The number of aliphatic hydroxyl groups excluding tert-OH is 1. The van der Waals surface area contributed by atoms with E-state index in [-0.39, 0.29) is 11.8 Å². The maximum atomic E-state index is 12.9. The topological polar surface area (TPSA) is 49.8 Å². The Balaban J connectivity index is 1.80. The normalized spacial score (nSPS) is 18.9. The minimum Gasteiger partial charge on any atom is -0.457 e. The Morgan fingerprint density at radius 3 is 2.62 bits per heavy atom. The van der Waals surface area contributed by atoms with Crippen LogP contribution < -0.4 is 4.74 Å². The maximum absolute atomic E-state index is 12.9. The molecule has 1 aliphatic heterocycles. The number of benzene rings is 2. The average Bonchev–Trinajstić information content (AvgIpc) is 2.62. The van der Waals surface area contributed by atoms with Crippen molar-refractivity contribution in [3.63, 3.8) is 0 Å². The molecule has 0 aliphatic carbocycles. The number of carbonyl (C=O) groups excluding carboxylic acids is 1. The highest BCUT2D eigenvalue weighted by Gasteiger charge is 2.28. The lowest BCUT2D eigenvalue weighted by Gasteiger charge is -2.34. The lowest BCUT2D eigenvalue weighted by atomic mass is 9.93. The minimum atomic E-state index is -0.392. The van der Waals surface area contributed by atoms with Crippen LogP contribution in [0.25, 0.3) is 0 Å². The van der Waals surface area contributed by atoms with Gasteiger partial charge in [0.1, 0.15) is 11.5 Å². The van der Waals surface area contributed by atoms with Gasteiger partial charge in [0.2, 0.25) is 0 Å². The first-order chi connectivity index (χ1) is 11.6. The molecule has 0 radical (unpaired) electrons. The molecule has 2 unspecified atom stereocenters. The van der Waals surface area contributed by atoms with Crippen LogP contribution in [-0.2, 0) is 0 Å². The van der Waals surface area contributed by atoms with Crippen LogP contribution >= 0.6 is 0 Å². The quantitative estimate of drug-likeness (QED) is 0.932. The molecule has 1 N–H and O–H groups in total. The predicted molar refractivity (Wildman–Crippen MR) is 93.3 cm³/mol. The van der Waals surface area contributed by atoms with Crippen LogP contribution in [-0.4, -0.2) is 35.1 Å². The van der Waals surface area contributed by atoms with Crippen LogP contribution in [0.1, 0.15) is 30.1 Å². The van der Waals surface area contributed by atoms with Gasteiger partial charge in [-0.05, 0) is 44.0 Å². The number of carbonyl (C=O) groups is 1. The third-order valence-electron chi connectivity index (χ3n) is 4.52. The Bertz CT molecular complexity index is 684. The molecule has 0 saturated carbocycles. The molecule has 0 bridgehead atoms. The summed E-state index contributed by atoms with van der Waals surface area (Å²) in [5.41, 5.74) is 0.563. The van der Waals surface area contributed by atoms with E-state index in [1.807, 2.05) is 53.4 Å². The molecule has 1 fully saturated rings. The summed E-state index contributed by atoms with van der Waals surface area (Å²) in [6.07, 6.45) is 1.49. The predicted octanol–water partition coefficient (Wildman–Crippen LogP) is 3.71. The zero-order valence-electron chi connectivity index (χ0n) is 13.9. The molecule has 1 heterocycles. The highest BCUT2D eigenvalue weighted by Crippen LogP contribution is 2.28. The van der Waals surface area contributed by atoms with Crippen molar-refractivity contribution in [1.29, 1.82) is 0 Å². The number of hydrogen-bond acceptors (Lipinski definition) is 3. The van der Waals surface area contributed by atoms with Gasteiger partial charge < -0.3 is 14.7 Å². The highest BCUT2D eigenvalue weighted by atomic mass is 16.5. The van der Waals surface area contributed by atoms with E-state index in [9.17, 15) is 9.90 Å². The summed E-state index contributed by atoms with van der Waals surface area (Å²) in [6, 6.07) is 16.8. The Hall–Kier alpha value is -2.33.